The first-order chi connectivity index (χ1) is 15.6. The lowest BCUT2D eigenvalue weighted by molar-refractivity contribution is -0.119. The molecule has 0 fully saturated rings. The quantitative estimate of drug-likeness (QED) is 0.342. The molecule has 1 heterocycles. The van der Waals surface area contributed by atoms with Gasteiger partial charge in [0.15, 0.2) is 0 Å². The fourth-order valence-electron chi connectivity index (χ4n) is 3.98. The van der Waals surface area contributed by atoms with Crippen LogP contribution in [-0.2, 0) is 27.8 Å². The van der Waals surface area contributed by atoms with Crippen molar-refractivity contribution < 1.29 is 13.2 Å². The van der Waals surface area contributed by atoms with Crippen molar-refractivity contribution in [2.45, 2.75) is 30.8 Å². The van der Waals surface area contributed by atoms with Crippen LogP contribution in [0, 0.1) is 0 Å². The number of carbonyl (C=O) groups is 1. The first-order valence-electron chi connectivity index (χ1n) is 10.3. The van der Waals surface area contributed by atoms with Crippen LogP contribution in [0.15, 0.2) is 80.6 Å². The normalized spacial score (nSPS) is 15.7. The van der Waals surface area contributed by atoms with E-state index in [1.807, 2.05) is 49.4 Å². The standard InChI is InChI=1S/C24H21Br2ClN2O3S/c1-16-12-18-13-20(26)6-11-23(18)29(16)24(30)15-28(14-17-2-4-19(25)5-3-17)33(31,32)22-9-7-21(27)8-10-22/h2-11,13,16H,12,14-15H2,1H3. The summed E-state index contributed by atoms with van der Waals surface area (Å²) >= 11 is 12.8. The number of hydrogen-bond acceptors (Lipinski definition) is 3. The summed E-state index contributed by atoms with van der Waals surface area (Å²) in [7, 11) is -3.94. The van der Waals surface area contributed by atoms with E-state index < -0.39 is 10.0 Å². The first-order valence-corrected chi connectivity index (χ1v) is 13.7. The Hall–Kier alpha value is -1.71. The van der Waals surface area contributed by atoms with Crippen LogP contribution in [0.5, 0.6) is 0 Å². The Balaban J connectivity index is 1.67. The van der Waals surface area contributed by atoms with E-state index in [1.165, 1.54) is 28.6 Å². The topological polar surface area (TPSA) is 57.7 Å². The molecule has 4 rings (SSSR count). The Kier molecular flexibility index (Phi) is 7.31. The van der Waals surface area contributed by atoms with Crippen LogP contribution in [0.4, 0.5) is 5.69 Å². The van der Waals surface area contributed by atoms with Crippen molar-refractivity contribution in [3.63, 3.8) is 0 Å². The summed E-state index contributed by atoms with van der Waals surface area (Å²) in [5.41, 5.74) is 2.66. The average Bonchev–Trinajstić information content (AvgIpc) is 3.09. The predicted octanol–water partition coefficient (Wildman–Crippen LogP) is 6.03. The fourth-order valence-corrected chi connectivity index (χ4v) is 6.16. The third-order valence-electron chi connectivity index (χ3n) is 5.56. The van der Waals surface area contributed by atoms with Gasteiger partial charge in [-0.2, -0.15) is 4.31 Å². The monoisotopic (exact) mass is 610 g/mol. The van der Waals surface area contributed by atoms with Crippen LogP contribution >= 0.6 is 43.5 Å². The number of benzene rings is 3. The maximum Gasteiger partial charge on any atom is 0.243 e. The Morgan fingerprint density at radius 1 is 1.03 bits per heavy atom. The van der Waals surface area contributed by atoms with Crippen LogP contribution in [-0.4, -0.2) is 31.2 Å². The molecule has 1 amide bonds. The van der Waals surface area contributed by atoms with Crippen molar-refractivity contribution in [2.24, 2.45) is 0 Å². The van der Waals surface area contributed by atoms with E-state index in [4.69, 9.17) is 11.6 Å². The summed E-state index contributed by atoms with van der Waals surface area (Å²) in [6.07, 6.45) is 0.719. The minimum Gasteiger partial charge on any atom is -0.308 e. The second kappa shape index (κ2) is 9.88. The fraction of sp³-hybridized carbons (Fsp3) is 0.208. The largest absolute Gasteiger partial charge is 0.308 e. The van der Waals surface area contributed by atoms with E-state index in [9.17, 15) is 13.2 Å². The van der Waals surface area contributed by atoms with E-state index in [1.54, 1.807) is 4.90 Å². The van der Waals surface area contributed by atoms with Gasteiger partial charge in [0.05, 0.1) is 11.4 Å². The molecule has 1 atom stereocenters. The second-order valence-electron chi connectivity index (χ2n) is 7.94. The Labute approximate surface area is 215 Å². The van der Waals surface area contributed by atoms with Gasteiger partial charge in [0.1, 0.15) is 0 Å². The highest BCUT2D eigenvalue weighted by atomic mass is 79.9. The van der Waals surface area contributed by atoms with Crippen LogP contribution < -0.4 is 4.90 Å². The molecule has 1 unspecified atom stereocenters. The first kappa shape index (κ1) is 24.4. The highest BCUT2D eigenvalue weighted by Crippen LogP contribution is 2.34. The molecule has 0 spiro atoms. The molecule has 1 aliphatic rings. The lowest BCUT2D eigenvalue weighted by atomic mass is 10.1. The SMILES string of the molecule is CC1Cc2cc(Br)ccc2N1C(=O)CN(Cc1ccc(Br)cc1)S(=O)(=O)c1ccc(Cl)cc1. The van der Waals surface area contributed by atoms with Gasteiger partial charge in [-0.1, -0.05) is 55.6 Å². The van der Waals surface area contributed by atoms with Crippen molar-refractivity contribution in [2.75, 3.05) is 11.4 Å². The Morgan fingerprint density at radius 2 is 1.67 bits per heavy atom. The number of carbonyl (C=O) groups excluding carboxylic acids is 1. The minimum atomic E-state index is -3.94. The van der Waals surface area contributed by atoms with E-state index >= 15 is 0 Å². The zero-order chi connectivity index (χ0) is 23.8. The van der Waals surface area contributed by atoms with Crippen molar-refractivity contribution in [1.82, 2.24) is 4.31 Å². The van der Waals surface area contributed by atoms with Gasteiger partial charge >= 0.3 is 0 Å². The van der Waals surface area contributed by atoms with Gasteiger partial charge in [-0.25, -0.2) is 8.42 Å². The minimum absolute atomic E-state index is 0.0606. The number of anilines is 1. The summed E-state index contributed by atoms with van der Waals surface area (Å²) in [4.78, 5) is 15.3. The molecule has 0 aliphatic carbocycles. The number of amides is 1. The molecule has 0 N–H and O–H groups in total. The van der Waals surface area contributed by atoms with Gasteiger partial charge in [-0.3, -0.25) is 4.79 Å². The molecule has 0 saturated heterocycles. The predicted molar refractivity (Wildman–Crippen MR) is 138 cm³/mol. The van der Waals surface area contributed by atoms with Crippen LogP contribution in [0.25, 0.3) is 0 Å². The maximum atomic E-state index is 13.5. The Morgan fingerprint density at radius 3 is 2.33 bits per heavy atom. The third-order valence-corrected chi connectivity index (χ3v) is 8.64. The molecule has 0 aromatic heterocycles. The summed E-state index contributed by atoms with van der Waals surface area (Å²) in [5, 5.41) is 0.443. The molecule has 172 valence electrons. The molecule has 9 heteroatoms. The third kappa shape index (κ3) is 5.35. The molecule has 0 bridgehead atoms. The molecule has 3 aromatic carbocycles. The van der Waals surface area contributed by atoms with Crippen LogP contribution in [0.1, 0.15) is 18.1 Å². The van der Waals surface area contributed by atoms with E-state index in [-0.39, 0.29) is 29.9 Å². The second-order valence-corrected chi connectivity index (χ2v) is 12.1. The molecular formula is C24H21Br2ClN2O3S. The average molecular weight is 613 g/mol. The number of hydrogen-bond donors (Lipinski definition) is 0. The van der Waals surface area contributed by atoms with Crippen LogP contribution in [0.2, 0.25) is 5.02 Å². The van der Waals surface area contributed by atoms with Gasteiger partial charge < -0.3 is 4.90 Å². The van der Waals surface area contributed by atoms with Gasteiger partial charge in [0, 0.05) is 32.2 Å². The van der Waals surface area contributed by atoms with Crippen molar-refractivity contribution in [3.05, 3.63) is 91.8 Å². The number of nitrogens with zero attached hydrogens (tertiary/aromatic N) is 2. The lowest BCUT2D eigenvalue weighted by Gasteiger charge is -2.27. The molecule has 1 aliphatic heterocycles. The lowest BCUT2D eigenvalue weighted by Crippen LogP contribution is -2.44. The summed E-state index contributed by atoms with van der Waals surface area (Å²) < 4.78 is 30.1. The van der Waals surface area contributed by atoms with Gasteiger partial charge in [0.2, 0.25) is 15.9 Å². The maximum absolute atomic E-state index is 13.5. The van der Waals surface area contributed by atoms with Gasteiger partial charge in [-0.05, 0) is 79.1 Å². The Bertz CT molecular complexity index is 1280. The molecular weight excluding hydrogens is 592 g/mol. The van der Waals surface area contributed by atoms with E-state index in [2.05, 4.69) is 31.9 Å². The van der Waals surface area contributed by atoms with Crippen LogP contribution in [0.3, 0.4) is 0 Å². The zero-order valence-electron chi connectivity index (χ0n) is 17.7. The van der Waals surface area contributed by atoms with Crippen molar-refractivity contribution in [3.8, 4) is 0 Å². The van der Waals surface area contributed by atoms with Gasteiger partial charge in [0.25, 0.3) is 0 Å². The zero-order valence-corrected chi connectivity index (χ0v) is 22.5. The molecule has 3 aromatic rings. The number of rotatable bonds is 6. The summed E-state index contributed by atoms with van der Waals surface area (Å²) in [6.45, 7) is 1.76. The summed E-state index contributed by atoms with van der Waals surface area (Å²) in [5.74, 6) is -0.266. The number of halogens is 3. The number of fused-ring (bicyclic) bond motifs is 1. The molecule has 0 saturated carbocycles. The number of sulfonamides is 1. The van der Waals surface area contributed by atoms with E-state index in [0.717, 1.165) is 32.2 Å². The highest BCUT2D eigenvalue weighted by Gasteiger charge is 2.34. The van der Waals surface area contributed by atoms with E-state index in [0.29, 0.717) is 5.02 Å². The molecule has 0 radical (unpaired) electrons. The summed E-state index contributed by atoms with van der Waals surface area (Å²) in [6, 6.07) is 19.1. The van der Waals surface area contributed by atoms with Gasteiger partial charge in [-0.15, -0.1) is 0 Å². The molecule has 33 heavy (non-hydrogen) atoms. The smallest absolute Gasteiger partial charge is 0.243 e. The highest BCUT2D eigenvalue weighted by molar-refractivity contribution is 9.10. The van der Waals surface area contributed by atoms with Crippen molar-refractivity contribution in [1.29, 1.82) is 0 Å². The van der Waals surface area contributed by atoms with Crippen molar-refractivity contribution >= 4 is 65.1 Å². The molecule has 5 nitrogen and oxygen atoms in total.